The van der Waals surface area contributed by atoms with E-state index in [1.807, 2.05) is 0 Å². The maximum Gasteiger partial charge on any atom is 0.420 e. The number of carbonyl (C=O) groups excluding carboxylic acids is 1. The summed E-state index contributed by atoms with van der Waals surface area (Å²) in [5, 5.41) is 0. The molecule has 82 valence electrons. The first-order chi connectivity index (χ1) is 6.75. The van der Waals surface area contributed by atoms with Crippen molar-refractivity contribution in [2.75, 3.05) is 0 Å². The van der Waals surface area contributed by atoms with Gasteiger partial charge in [-0.25, -0.2) is 4.39 Å². The molecule has 6 heteroatoms. The van der Waals surface area contributed by atoms with Crippen LogP contribution in [0.1, 0.15) is 22.8 Å². The number of hydrogen-bond acceptors (Lipinski definition) is 1. The lowest BCUT2D eigenvalue weighted by Gasteiger charge is -2.11. The second-order valence-electron chi connectivity index (χ2n) is 2.84. The van der Waals surface area contributed by atoms with Crippen LogP contribution in [0.25, 0.3) is 0 Å². The molecule has 1 nitrogen and oxygen atoms in total. The summed E-state index contributed by atoms with van der Waals surface area (Å²) in [5.74, 6) is -2.28. The highest BCUT2D eigenvalue weighted by molar-refractivity contribution is 9.10. The van der Waals surface area contributed by atoms with E-state index in [1.165, 1.54) is 0 Å². The fourth-order valence-electron chi connectivity index (χ4n) is 1.08. The summed E-state index contributed by atoms with van der Waals surface area (Å²) in [7, 11) is 0. The molecule has 0 amide bonds. The molecule has 0 aliphatic rings. The maximum atomic E-state index is 13.3. The zero-order chi connectivity index (χ0) is 11.8. The summed E-state index contributed by atoms with van der Waals surface area (Å²) in [4.78, 5) is 10.8. The van der Waals surface area contributed by atoms with Gasteiger partial charge in [-0.2, -0.15) is 13.2 Å². The lowest BCUT2D eigenvalue weighted by molar-refractivity contribution is -0.140. The van der Waals surface area contributed by atoms with Crippen LogP contribution in [0.15, 0.2) is 16.6 Å². The van der Waals surface area contributed by atoms with Crippen LogP contribution in [-0.2, 0) is 6.18 Å². The van der Waals surface area contributed by atoms with Crippen molar-refractivity contribution in [2.45, 2.75) is 13.1 Å². The monoisotopic (exact) mass is 284 g/mol. The quantitative estimate of drug-likeness (QED) is 0.566. The van der Waals surface area contributed by atoms with Crippen molar-refractivity contribution in [3.8, 4) is 0 Å². The Balaban J connectivity index is 3.51. The number of rotatable bonds is 1. The summed E-state index contributed by atoms with van der Waals surface area (Å²) < 4.78 is 50.0. The maximum absolute atomic E-state index is 13.3. The third-order valence-corrected chi connectivity index (χ3v) is 2.41. The van der Waals surface area contributed by atoms with Crippen LogP contribution in [0.4, 0.5) is 17.6 Å². The van der Waals surface area contributed by atoms with Gasteiger partial charge in [0, 0.05) is 4.47 Å². The Bertz CT molecular complexity index is 411. The molecule has 0 fully saturated rings. The van der Waals surface area contributed by atoms with Crippen molar-refractivity contribution in [1.29, 1.82) is 0 Å². The van der Waals surface area contributed by atoms with Crippen LogP contribution in [0.3, 0.4) is 0 Å². The molecule has 0 unspecified atom stereocenters. The fraction of sp³-hybridized carbons (Fsp3) is 0.222. The van der Waals surface area contributed by atoms with Crippen LogP contribution in [0.5, 0.6) is 0 Å². The third-order valence-electron chi connectivity index (χ3n) is 1.75. The van der Waals surface area contributed by atoms with E-state index in [4.69, 9.17) is 0 Å². The zero-order valence-corrected chi connectivity index (χ0v) is 9.04. The highest BCUT2D eigenvalue weighted by Crippen LogP contribution is 2.37. The van der Waals surface area contributed by atoms with Gasteiger partial charge in [0.05, 0.1) is 5.56 Å². The number of carbonyl (C=O) groups is 1. The molecule has 0 bridgehead atoms. The minimum absolute atomic E-state index is 0.419. The summed E-state index contributed by atoms with van der Waals surface area (Å²) in [6.45, 7) is 1.01. The Hall–Kier alpha value is -0.910. The van der Waals surface area contributed by atoms with Crippen LogP contribution in [0, 0.1) is 5.82 Å². The molecule has 0 saturated carbocycles. The number of Topliss-reactive ketones (excluding diaryl/α,β-unsaturated/α-hetero) is 1. The predicted molar refractivity (Wildman–Crippen MR) is 49.1 cm³/mol. The van der Waals surface area contributed by atoms with Gasteiger partial charge in [0.15, 0.2) is 5.78 Å². The molecule has 0 aliphatic carbocycles. The smallest absolute Gasteiger partial charge is 0.294 e. The summed E-state index contributed by atoms with van der Waals surface area (Å²) in [6, 6.07) is 2.01. The van der Waals surface area contributed by atoms with E-state index in [1.54, 1.807) is 0 Å². The molecular weight excluding hydrogens is 280 g/mol. The molecule has 0 aliphatic heterocycles. The second kappa shape index (κ2) is 3.92. The van der Waals surface area contributed by atoms with Crippen molar-refractivity contribution in [3.63, 3.8) is 0 Å². The number of ketones is 1. The second-order valence-corrected chi connectivity index (χ2v) is 3.69. The molecule has 0 heterocycles. The van der Waals surface area contributed by atoms with Crippen LogP contribution < -0.4 is 0 Å². The summed E-state index contributed by atoms with van der Waals surface area (Å²) in [5.41, 5.74) is -2.01. The summed E-state index contributed by atoms with van der Waals surface area (Å²) >= 11 is 2.59. The fourth-order valence-corrected chi connectivity index (χ4v) is 1.62. The van der Waals surface area contributed by atoms with Gasteiger partial charge in [-0.3, -0.25) is 4.79 Å². The van der Waals surface area contributed by atoms with Gasteiger partial charge in [0.1, 0.15) is 11.4 Å². The molecule has 1 rings (SSSR count). The molecule has 0 spiro atoms. The average molecular weight is 285 g/mol. The van der Waals surface area contributed by atoms with Crippen molar-refractivity contribution in [1.82, 2.24) is 0 Å². The Labute approximate surface area is 91.2 Å². The van der Waals surface area contributed by atoms with Crippen molar-refractivity contribution in [2.24, 2.45) is 0 Å². The van der Waals surface area contributed by atoms with Crippen molar-refractivity contribution >= 4 is 21.7 Å². The summed E-state index contributed by atoms with van der Waals surface area (Å²) in [6.07, 6.45) is -4.83. The number of benzene rings is 1. The Morgan fingerprint density at radius 1 is 1.33 bits per heavy atom. The lowest BCUT2D eigenvalue weighted by Crippen LogP contribution is -2.12. The topological polar surface area (TPSA) is 17.1 Å². The molecule has 0 aromatic heterocycles. The molecule has 1 aromatic carbocycles. The average Bonchev–Trinajstić information content (AvgIpc) is 2.00. The first kappa shape index (κ1) is 12.2. The van der Waals surface area contributed by atoms with Gasteiger partial charge in [0.2, 0.25) is 0 Å². The van der Waals surface area contributed by atoms with Gasteiger partial charge >= 0.3 is 6.18 Å². The Morgan fingerprint density at radius 3 is 2.27 bits per heavy atom. The highest BCUT2D eigenvalue weighted by atomic mass is 79.9. The van der Waals surface area contributed by atoms with E-state index in [9.17, 15) is 22.4 Å². The lowest BCUT2D eigenvalue weighted by atomic mass is 10.1. The molecule has 0 radical (unpaired) electrons. The van der Waals surface area contributed by atoms with E-state index >= 15 is 0 Å². The standard InChI is InChI=1S/C9H5BrF4O/c1-4(15)5-2-3-6(10)7(8(5)11)9(12,13)14/h2-3H,1H3. The Kier molecular flexibility index (Phi) is 3.18. The van der Waals surface area contributed by atoms with E-state index in [-0.39, 0.29) is 0 Å². The SMILES string of the molecule is CC(=O)c1ccc(Br)c(C(F)(F)F)c1F. The molecular formula is C9H5BrF4O. The van der Waals surface area contributed by atoms with Crippen LogP contribution in [-0.4, -0.2) is 5.78 Å². The zero-order valence-electron chi connectivity index (χ0n) is 7.45. The molecule has 0 atom stereocenters. The molecule has 0 N–H and O–H groups in total. The highest BCUT2D eigenvalue weighted by Gasteiger charge is 2.37. The number of alkyl halides is 3. The molecule has 15 heavy (non-hydrogen) atoms. The van der Waals surface area contributed by atoms with Gasteiger partial charge in [-0.1, -0.05) is 15.9 Å². The molecule has 0 saturated heterocycles. The van der Waals surface area contributed by atoms with Crippen molar-refractivity contribution < 1.29 is 22.4 Å². The van der Waals surface area contributed by atoms with Gasteiger partial charge in [0.25, 0.3) is 0 Å². The Morgan fingerprint density at radius 2 is 1.87 bits per heavy atom. The largest absolute Gasteiger partial charge is 0.420 e. The predicted octanol–water partition coefficient (Wildman–Crippen LogP) is 3.81. The normalized spacial score (nSPS) is 11.6. The first-order valence-corrected chi connectivity index (χ1v) is 4.60. The van der Waals surface area contributed by atoms with Crippen molar-refractivity contribution in [3.05, 3.63) is 33.5 Å². The molecule has 1 aromatic rings. The van der Waals surface area contributed by atoms with E-state index in [0.717, 1.165) is 19.1 Å². The minimum Gasteiger partial charge on any atom is -0.294 e. The first-order valence-electron chi connectivity index (χ1n) is 3.81. The van der Waals surface area contributed by atoms with Crippen LogP contribution in [0.2, 0.25) is 0 Å². The van der Waals surface area contributed by atoms with E-state index in [0.29, 0.717) is 0 Å². The number of hydrogen-bond donors (Lipinski definition) is 0. The number of halogens is 5. The van der Waals surface area contributed by atoms with Gasteiger partial charge in [-0.15, -0.1) is 0 Å². The minimum atomic E-state index is -4.83. The van der Waals surface area contributed by atoms with Crippen LogP contribution >= 0.6 is 15.9 Å². The van der Waals surface area contributed by atoms with Gasteiger partial charge < -0.3 is 0 Å². The third kappa shape index (κ3) is 2.37. The van der Waals surface area contributed by atoms with Gasteiger partial charge in [-0.05, 0) is 19.1 Å². The van der Waals surface area contributed by atoms with E-state index < -0.39 is 33.4 Å². The van der Waals surface area contributed by atoms with E-state index in [2.05, 4.69) is 15.9 Å².